The van der Waals surface area contributed by atoms with Crippen molar-refractivity contribution in [3.8, 4) is 0 Å². The van der Waals surface area contributed by atoms with Crippen LogP contribution in [0.3, 0.4) is 0 Å². The van der Waals surface area contributed by atoms with Crippen molar-refractivity contribution in [1.82, 2.24) is 20.1 Å². The van der Waals surface area contributed by atoms with Crippen molar-refractivity contribution >= 4 is 5.91 Å². The Labute approximate surface area is 130 Å². The Morgan fingerprint density at radius 2 is 2.00 bits per heavy atom. The molecule has 1 N–H and O–H groups in total. The second-order valence-electron chi connectivity index (χ2n) is 6.03. The summed E-state index contributed by atoms with van der Waals surface area (Å²) in [6.45, 7) is 3.61. The summed E-state index contributed by atoms with van der Waals surface area (Å²) in [5.41, 5.74) is 1.09. The number of benzene rings is 1. The zero-order chi connectivity index (χ0) is 15.4. The van der Waals surface area contributed by atoms with Crippen LogP contribution in [-0.2, 0) is 17.6 Å². The standard InChI is InChI=1S/C17H22N4O/c1-13-18-16(20-19-13)11-15-7-9-21(10-8-15)17(22)12-14-5-3-2-4-6-14/h2-6,15H,7-12H2,1H3,(H,18,19,20). The third-order valence-corrected chi connectivity index (χ3v) is 4.28. The first-order valence-electron chi connectivity index (χ1n) is 7.90. The van der Waals surface area contributed by atoms with Gasteiger partial charge in [-0.3, -0.25) is 9.89 Å². The summed E-state index contributed by atoms with van der Waals surface area (Å²) in [4.78, 5) is 18.7. The fourth-order valence-electron chi connectivity index (χ4n) is 3.01. The molecule has 1 aliphatic rings. The van der Waals surface area contributed by atoms with Gasteiger partial charge in [0, 0.05) is 19.5 Å². The molecule has 2 aromatic rings. The Kier molecular flexibility index (Phi) is 4.51. The minimum atomic E-state index is 0.235. The maximum atomic E-state index is 12.3. The predicted molar refractivity (Wildman–Crippen MR) is 84.3 cm³/mol. The van der Waals surface area contributed by atoms with Crippen molar-refractivity contribution in [2.45, 2.75) is 32.6 Å². The van der Waals surface area contributed by atoms with Gasteiger partial charge in [-0.25, -0.2) is 4.98 Å². The van der Waals surface area contributed by atoms with Gasteiger partial charge in [-0.2, -0.15) is 5.10 Å². The van der Waals surface area contributed by atoms with E-state index in [1.807, 2.05) is 42.2 Å². The fraction of sp³-hybridized carbons (Fsp3) is 0.471. The van der Waals surface area contributed by atoms with Gasteiger partial charge in [-0.15, -0.1) is 0 Å². The lowest BCUT2D eigenvalue weighted by atomic mass is 9.93. The van der Waals surface area contributed by atoms with E-state index in [4.69, 9.17) is 0 Å². The molecule has 5 heteroatoms. The number of nitrogens with zero attached hydrogens (tertiary/aromatic N) is 3. The molecule has 22 heavy (non-hydrogen) atoms. The quantitative estimate of drug-likeness (QED) is 0.940. The molecule has 0 radical (unpaired) electrons. The molecule has 1 amide bonds. The number of aromatic nitrogens is 3. The van der Waals surface area contributed by atoms with Crippen LogP contribution in [0.25, 0.3) is 0 Å². The summed E-state index contributed by atoms with van der Waals surface area (Å²) in [5, 5.41) is 7.09. The molecule has 2 heterocycles. The molecule has 0 unspecified atom stereocenters. The van der Waals surface area contributed by atoms with E-state index in [0.29, 0.717) is 12.3 Å². The summed E-state index contributed by atoms with van der Waals surface area (Å²) in [7, 11) is 0. The summed E-state index contributed by atoms with van der Waals surface area (Å²) in [6.07, 6.45) is 3.49. The molecule has 0 saturated carbocycles. The third-order valence-electron chi connectivity index (χ3n) is 4.28. The van der Waals surface area contributed by atoms with Crippen molar-refractivity contribution in [3.63, 3.8) is 0 Å². The molecule has 1 aromatic heterocycles. The summed E-state index contributed by atoms with van der Waals surface area (Å²) >= 11 is 0. The molecule has 1 saturated heterocycles. The maximum absolute atomic E-state index is 12.3. The number of aromatic amines is 1. The van der Waals surface area contributed by atoms with Crippen LogP contribution in [-0.4, -0.2) is 39.1 Å². The van der Waals surface area contributed by atoms with Gasteiger partial charge in [0.05, 0.1) is 6.42 Å². The number of hydrogen-bond acceptors (Lipinski definition) is 3. The normalized spacial score (nSPS) is 16.0. The van der Waals surface area contributed by atoms with E-state index in [9.17, 15) is 4.79 Å². The number of piperidine rings is 1. The molecule has 1 aliphatic heterocycles. The van der Waals surface area contributed by atoms with Crippen LogP contribution in [0.1, 0.15) is 30.1 Å². The summed E-state index contributed by atoms with van der Waals surface area (Å²) in [6, 6.07) is 9.96. The number of rotatable bonds is 4. The number of amides is 1. The molecule has 1 aromatic carbocycles. The highest BCUT2D eigenvalue weighted by molar-refractivity contribution is 5.78. The van der Waals surface area contributed by atoms with E-state index in [2.05, 4.69) is 15.2 Å². The predicted octanol–water partition coefficient (Wildman–Crippen LogP) is 2.14. The topological polar surface area (TPSA) is 61.9 Å². The highest BCUT2D eigenvalue weighted by atomic mass is 16.2. The van der Waals surface area contributed by atoms with Gasteiger partial charge < -0.3 is 4.90 Å². The second-order valence-corrected chi connectivity index (χ2v) is 6.03. The lowest BCUT2D eigenvalue weighted by Crippen LogP contribution is -2.39. The number of likely N-dealkylation sites (tertiary alicyclic amines) is 1. The molecule has 3 rings (SSSR count). The largest absolute Gasteiger partial charge is 0.342 e. The average molecular weight is 298 g/mol. The minimum Gasteiger partial charge on any atom is -0.342 e. The first-order chi connectivity index (χ1) is 10.7. The van der Waals surface area contributed by atoms with E-state index >= 15 is 0 Å². The SMILES string of the molecule is Cc1nc(CC2CCN(C(=O)Cc3ccccc3)CC2)n[nH]1. The molecular formula is C17H22N4O. The first-order valence-corrected chi connectivity index (χ1v) is 7.90. The van der Waals surface area contributed by atoms with E-state index < -0.39 is 0 Å². The van der Waals surface area contributed by atoms with Gasteiger partial charge in [0.15, 0.2) is 5.82 Å². The van der Waals surface area contributed by atoms with Crippen LogP contribution in [0.15, 0.2) is 30.3 Å². The highest BCUT2D eigenvalue weighted by Crippen LogP contribution is 2.21. The van der Waals surface area contributed by atoms with Gasteiger partial charge in [-0.1, -0.05) is 30.3 Å². The molecule has 0 spiro atoms. The molecule has 0 aliphatic carbocycles. The van der Waals surface area contributed by atoms with Gasteiger partial charge in [0.1, 0.15) is 5.82 Å². The van der Waals surface area contributed by atoms with Crippen molar-refractivity contribution in [2.75, 3.05) is 13.1 Å². The van der Waals surface area contributed by atoms with Gasteiger partial charge in [0.2, 0.25) is 5.91 Å². The van der Waals surface area contributed by atoms with Crippen LogP contribution in [0, 0.1) is 12.8 Å². The van der Waals surface area contributed by atoms with E-state index in [1.165, 1.54) is 0 Å². The van der Waals surface area contributed by atoms with Gasteiger partial charge in [-0.05, 0) is 31.2 Å². The molecule has 5 nitrogen and oxygen atoms in total. The number of hydrogen-bond donors (Lipinski definition) is 1. The zero-order valence-electron chi connectivity index (χ0n) is 13.0. The maximum Gasteiger partial charge on any atom is 0.226 e. The highest BCUT2D eigenvalue weighted by Gasteiger charge is 2.23. The molecule has 0 atom stereocenters. The fourth-order valence-corrected chi connectivity index (χ4v) is 3.01. The van der Waals surface area contributed by atoms with E-state index in [1.54, 1.807) is 0 Å². The van der Waals surface area contributed by atoms with Crippen LogP contribution in [0.2, 0.25) is 0 Å². The van der Waals surface area contributed by atoms with Crippen LogP contribution in [0.5, 0.6) is 0 Å². The molecule has 0 bridgehead atoms. The Bertz CT molecular complexity index is 615. The van der Waals surface area contributed by atoms with E-state index in [0.717, 1.165) is 49.6 Å². The van der Waals surface area contributed by atoms with Crippen molar-refractivity contribution < 1.29 is 4.79 Å². The average Bonchev–Trinajstić information content (AvgIpc) is 2.94. The van der Waals surface area contributed by atoms with Crippen LogP contribution >= 0.6 is 0 Å². The first kappa shape index (κ1) is 14.8. The summed E-state index contributed by atoms with van der Waals surface area (Å²) in [5.74, 6) is 2.58. The number of aryl methyl sites for hydroxylation is 1. The number of carbonyl (C=O) groups is 1. The molecule has 1 fully saturated rings. The van der Waals surface area contributed by atoms with Crippen molar-refractivity contribution in [2.24, 2.45) is 5.92 Å². The van der Waals surface area contributed by atoms with Crippen LogP contribution < -0.4 is 0 Å². The third kappa shape index (κ3) is 3.72. The van der Waals surface area contributed by atoms with Crippen molar-refractivity contribution in [3.05, 3.63) is 47.5 Å². The molecule has 116 valence electrons. The monoisotopic (exact) mass is 298 g/mol. The number of H-pyrrole nitrogens is 1. The zero-order valence-corrected chi connectivity index (χ0v) is 13.0. The lowest BCUT2D eigenvalue weighted by molar-refractivity contribution is -0.131. The smallest absolute Gasteiger partial charge is 0.226 e. The van der Waals surface area contributed by atoms with E-state index in [-0.39, 0.29) is 5.91 Å². The van der Waals surface area contributed by atoms with Gasteiger partial charge >= 0.3 is 0 Å². The van der Waals surface area contributed by atoms with Gasteiger partial charge in [0.25, 0.3) is 0 Å². The Hall–Kier alpha value is -2.17. The minimum absolute atomic E-state index is 0.235. The Balaban J connectivity index is 1.48. The summed E-state index contributed by atoms with van der Waals surface area (Å²) < 4.78 is 0. The lowest BCUT2D eigenvalue weighted by Gasteiger charge is -2.31. The van der Waals surface area contributed by atoms with Crippen molar-refractivity contribution in [1.29, 1.82) is 0 Å². The second kappa shape index (κ2) is 6.73. The Morgan fingerprint density at radius 1 is 1.27 bits per heavy atom. The Morgan fingerprint density at radius 3 is 2.64 bits per heavy atom. The number of carbonyl (C=O) groups excluding carboxylic acids is 1. The van der Waals surface area contributed by atoms with Crippen LogP contribution in [0.4, 0.5) is 0 Å². The number of nitrogens with one attached hydrogen (secondary N) is 1. The molecular weight excluding hydrogens is 276 g/mol.